The van der Waals surface area contributed by atoms with Crippen molar-refractivity contribution < 1.29 is 0 Å². The third-order valence-corrected chi connectivity index (χ3v) is 19.2. The topological polar surface area (TPSA) is 6.48 Å². The molecule has 14 rings (SSSR count). The summed E-state index contributed by atoms with van der Waals surface area (Å²) in [7, 11) is 0. The minimum atomic E-state index is -0.103. The van der Waals surface area contributed by atoms with Crippen molar-refractivity contribution in [1.82, 2.24) is 0 Å². The molecule has 0 saturated carbocycles. The van der Waals surface area contributed by atoms with Gasteiger partial charge >= 0.3 is 0 Å². The molecule has 2 heteroatoms. The second kappa shape index (κ2) is 27.1. The van der Waals surface area contributed by atoms with Gasteiger partial charge in [-0.3, -0.25) is 0 Å². The van der Waals surface area contributed by atoms with Gasteiger partial charge in [0.05, 0.1) is 11.4 Å². The molecule has 0 saturated heterocycles. The molecule has 14 aromatic carbocycles. The number of para-hydroxylation sites is 2. The first-order valence-electron chi connectivity index (χ1n) is 34.5. The summed E-state index contributed by atoms with van der Waals surface area (Å²) in [6, 6.07) is 129. The van der Waals surface area contributed by atoms with Gasteiger partial charge in [0, 0.05) is 45.0 Å². The number of rotatable bonds is 15. The van der Waals surface area contributed by atoms with Gasteiger partial charge in [-0.15, -0.1) is 0 Å². The molecule has 0 atom stereocenters. The van der Waals surface area contributed by atoms with E-state index < -0.39 is 0 Å². The standard InChI is InChI=1S/C96H84N2/c1-94(2,3)73-54-52-67(53-55-73)72-64-78(97(76-60-56-74(57-61-76)95(4,5)6)92-88(84-44-26-22-40-80(84)68-32-14-10-15-33-68)48-30-49-89(92)85-45-27-23-41-81(85)69-34-16-11-17-35-69)66-79(65-72)98(77-62-58-75(59-63-77)96(7,8)9)93-90(86-46-28-24-42-82(86)70-36-18-12-19-37-70)50-31-51-91(93)87-47-29-25-43-83(87)71-38-20-13-21-39-71/h10-66H,1-9H3. The highest BCUT2D eigenvalue weighted by Gasteiger charge is 2.31. The normalized spacial score (nSPS) is 11.7. The number of hydrogen-bond donors (Lipinski definition) is 0. The van der Waals surface area contributed by atoms with Crippen LogP contribution >= 0.6 is 0 Å². The highest BCUT2D eigenvalue weighted by molar-refractivity contribution is 6.06. The van der Waals surface area contributed by atoms with Crippen LogP contribution in [0.15, 0.2) is 346 Å². The average molecular weight is 1270 g/mol. The minimum Gasteiger partial charge on any atom is -0.309 e. The SMILES string of the molecule is CC(C)(C)c1ccc(-c2cc(N(c3ccc(C(C)(C)C)cc3)c3c(-c4ccccc4-c4ccccc4)cccc3-c3ccccc3-c3ccccc3)cc(N(c3ccc(C(C)(C)C)cc3)c3c(-c4ccccc4-c4ccccc4)cccc3-c3ccccc3-c3ccccc3)c2)cc1. The molecule has 478 valence electrons. The first kappa shape index (κ1) is 64.0. The van der Waals surface area contributed by atoms with E-state index in [1.807, 2.05) is 0 Å². The van der Waals surface area contributed by atoms with Crippen LogP contribution in [0.2, 0.25) is 0 Å². The lowest BCUT2D eigenvalue weighted by Crippen LogP contribution is -2.17. The molecule has 2 nitrogen and oxygen atoms in total. The molecule has 0 unspecified atom stereocenters. The van der Waals surface area contributed by atoms with Gasteiger partial charge in [-0.2, -0.15) is 0 Å². The van der Waals surface area contributed by atoms with Gasteiger partial charge in [0.1, 0.15) is 0 Å². The van der Waals surface area contributed by atoms with E-state index >= 15 is 0 Å². The molecular formula is C96H84N2. The lowest BCUT2D eigenvalue weighted by Gasteiger charge is -2.35. The zero-order valence-corrected chi connectivity index (χ0v) is 57.8. The molecule has 0 aliphatic heterocycles. The van der Waals surface area contributed by atoms with Crippen molar-refractivity contribution in [3.8, 4) is 100 Å². The maximum absolute atomic E-state index is 2.58. The number of hydrogen-bond acceptors (Lipinski definition) is 2. The molecule has 14 aromatic rings. The van der Waals surface area contributed by atoms with Gasteiger partial charge in [0.15, 0.2) is 0 Å². The fourth-order valence-corrected chi connectivity index (χ4v) is 14.0. The number of anilines is 6. The molecule has 98 heavy (non-hydrogen) atoms. The van der Waals surface area contributed by atoms with Crippen molar-refractivity contribution in [3.05, 3.63) is 362 Å². The molecule has 0 bridgehead atoms. The highest BCUT2D eigenvalue weighted by Crippen LogP contribution is 2.55. The summed E-state index contributed by atoms with van der Waals surface area (Å²) in [6.45, 7) is 20.7. The van der Waals surface area contributed by atoms with E-state index in [0.29, 0.717) is 0 Å². The van der Waals surface area contributed by atoms with Crippen LogP contribution in [0.25, 0.3) is 100 Å². The molecule has 0 heterocycles. The van der Waals surface area contributed by atoms with Gasteiger partial charge in [-0.1, -0.05) is 366 Å². The molecule has 0 spiro atoms. The Labute approximate surface area is 581 Å². The summed E-state index contributed by atoms with van der Waals surface area (Å²) in [5, 5.41) is 0. The van der Waals surface area contributed by atoms with E-state index in [4.69, 9.17) is 0 Å². The maximum atomic E-state index is 2.58. The fourth-order valence-electron chi connectivity index (χ4n) is 14.0. The second-order valence-corrected chi connectivity index (χ2v) is 28.9. The van der Waals surface area contributed by atoms with Crippen molar-refractivity contribution in [2.75, 3.05) is 9.80 Å². The van der Waals surface area contributed by atoms with E-state index in [-0.39, 0.29) is 16.2 Å². The third kappa shape index (κ3) is 13.1. The van der Waals surface area contributed by atoms with Gasteiger partial charge in [0.2, 0.25) is 0 Å². The predicted octanol–water partition coefficient (Wildman–Crippen LogP) is 27.5. The van der Waals surface area contributed by atoms with Crippen LogP contribution in [-0.4, -0.2) is 0 Å². The van der Waals surface area contributed by atoms with Crippen molar-refractivity contribution in [1.29, 1.82) is 0 Å². The Kier molecular flexibility index (Phi) is 17.7. The van der Waals surface area contributed by atoms with Gasteiger partial charge in [-0.05, 0) is 153 Å². The van der Waals surface area contributed by atoms with E-state index in [2.05, 4.69) is 418 Å². The Morgan fingerprint density at radius 1 is 0.163 bits per heavy atom. The molecule has 0 fully saturated rings. The molecule has 0 aromatic heterocycles. The summed E-state index contributed by atoms with van der Waals surface area (Å²) in [6.07, 6.45) is 0. The number of benzene rings is 14. The van der Waals surface area contributed by atoms with Crippen molar-refractivity contribution >= 4 is 34.1 Å². The quantitative estimate of drug-likeness (QED) is 0.101. The van der Waals surface area contributed by atoms with Gasteiger partial charge in [-0.25, -0.2) is 0 Å². The molecule has 0 aliphatic carbocycles. The lowest BCUT2D eigenvalue weighted by atomic mass is 9.85. The smallest absolute Gasteiger partial charge is 0.0618 e. The van der Waals surface area contributed by atoms with Crippen LogP contribution in [0, 0.1) is 0 Å². The van der Waals surface area contributed by atoms with Crippen LogP contribution in [0.3, 0.4) is 0 Å². The third-order valence-electron chi connectivity index (χ3n) is 19.2. The van der Waals surface area contributed by atoms with Crippen LogP contribution < -0.4 is 9.80 Å². The Hall–Kier alpha value is -11.3. The Morgan fingerprint density at radius 3 is 0.643 bits per heavy atom. The molecule has 0 aliphatic rings. The largest absolute Gasteiger partial charge is 0.309 e. The van der Waals surface area contributed by atoms with Crippen LogP contribution in [0.1, 0.15) is 79.0 Å². The first-order valence-corrected chi connectivity index (χ1v) is 34.5. The zero-order chi connectivity index (χ0) is 67.5. The monoisotopic (exact) mass is 1260 g/mol. The fraction of sp³-hybridized carbons (Fsp3) is 0.125. The molecule has 0 radical (unpaired) electrons. The summed E-state index contributed by atoms with van der Waals surface area (Å²) < 4.78 is 0. The van der Waals surface area contributed by atoms with E-state index in [1.54, 1.807) is 0 Å². The maximum Gasteiger partial charge on any atom is 0.0618 e. The summed E-state index contributed by atoms with van der Waals surface area (Å²) in [5.41, 5.74) is 30.0. The van der Waals surface area contributed by atoms with Crippen LogP contribution in [0.4, 0.5) is 34.1 Å². The minimum absolute atomic E-state index is 0.0596. The zero-order valence-electron chi connectivity index (χ0n) is 57.8. The van der Waals surface area contributed by atoms with Gasteiger partial charge < -0.3 is 9.80 Å². The Balaban J connectivity index is 1.15. The van der Waals surface area contributed by atoms with E-state index in [9.17, 15) is 0 Å². The van der Waals surface area contributed by atoms with E-state index in [1.165, 1.54) is 16.7 Å². The van der Waals surface area contributed by atoms with Crippen molar-refractivity contribution in [2.45, 2.75) is 78.6 Å². The summed E-state index contributed by atoms with van der Waals surface area (Å²) >= 11 is 0. The van der Waals surface area contributed by atoms with Crippen LogP contribution in [-0.2, 0) is 16.2 Å². The predicted molar refractivity (Wildman–Crippen MR) is 421 cm³/mol. The van der Waals surface area contributed by atoms with Crippen molar-refractivity contribution in [2.24, 2.45) is 0 Å². The first-order chi connectivity index (χ1) is 47.5. The Morgan fingerprint density at radius 2 is 0.388 bits per heavy atom. The highest BCUT2D eigenvalue weighted by atomic mass is 15.2. The summed E-state index contributed by atoms with van der Waals surface area (Å²) in [5.74, 6) is 0. The molecule has 0 amide bonds. The molecule has 0 N–H and O–H groups in total. The van der Waals surface area contributed by atoms with Gasteiger partial charge in [0.25, 0.3) is 0 Å². The van der Waals surface area contributed by atoms with Crippen LogP contribution in [0.5, 0.6) is 0 Å². The second-order valence-electron chi connectivity index (χ2n) is 28.9. The van der Waals surface area contributed by atoms with E-state index in [0.717, 1.165) is 134 Å². The van der Waals surface area contributed by atoms with Crippen molar-refractivity contribution in [3.63, 3.8) is 0 Å². The molecular weight excluding hydrogens is 1180 g/mol. The number of nitrogens with zero attached hydrogens (tertiary/aromatic N) is 2. The average Bonchev–Trinajstić information content (AvgIpc) is 0.740. The lowest BCUT2D eigenvalue weighted by molar-refractivity contribution is 0.590. The Bertz CT molecular complexity index is 4590. The summed E-state index contributed by atoms with van der Waals surface area (Å²) in [4.78, 5) is 5.17.